The Morgan fingerprint density at radius 1 is 1.19 bits per heavy atom. The van der Waals surface area contributed by atoms with Crippen molar-refractivity contribution in [1.29, 1.82) is 0 Å². The lowest BCUT2D eigenvalue weighted by atomic mass is 10.2. The standard InChI is InChI=1S/C17H15Cl2N3O4/c1-9-13(18)7-20-16(15(9)19)22-14(24)8-26-17(25)11-4-3-5-12(6-11)21-10(2)23/h3-7H,8H2,1-2H3,(H,21,23)(H,20,22,24). The summed E-state index contributed by atoms with van der Waals surface area (Å²) in [5.74, 6) is -1.45. The topological polar surface area (TPSA) is 97.4 Å². The first-order chi connectivity index (χ1) is 12.3. The fourth-order valence-electron chi connectivity index (χ4n) is 1.95. The molecule has 0 saturated carbocycles. The van der Waals surface area contributed by atoms with Gasteiger partial charge in [0.25, 0.3) is 5.91 Å². The van der Waals surface area contributed by atoms with Crippen LogP contribution in [0.5, 0.6) is 0 Å². The van der Waals surface area contributed by atoms with Gasteiger partial charge in [0.15, 0.2) is 12.4 Å². The van der Waals surface area contributed by atoms with Crippen LogP contribution >= 0.6 is 23.2 Å². The maximum Gasteiger partial charge on any atom is 0.338 e. The van der Waals surface area contributed by atoms with Gasteiger partial charge in [-0.15, -0.1) is 0 Å². The molecule has 0 radical (unpaired) electrons. The van der Waals surface area contributed by atoms with Crippen LogP contribution in [0, 0.1) is 6.92 Å². The van der Waals surface area contributed by atoms with Crippen LogP contribution in [0.1, 0.15) is 22.8 Å². The van der Waals surface area contributed by atoms with Crippen molar-refractivity contribution in [3.8, 4) is 0 Å². The number of rotatable bonds is 5. The fraction of sp³-hybridized carbons (Fsp3) is 0.176. The first-order valence-corrected chi connectivity index (χ1v) is 8.18. The fourth-order valence-corrected chi connectivity index (χ4v) is 2.34. The van der Waals surface area contributed by atoms with E-state index in [-0.39, 0.29) is 22.3 Å². The van der Waals surface area contributed by atoms with Gasteiger partial charge in [-0.1, -0.05) is 29.3 Å². The minimum atomic E-state index is -0.710. The predicted molar refractivity (Wildman–Crippen MR) is 98.7 cm³/mol. The molecule has 2 aromatic rings. The Bertz CT molecular complexity index is 871. The number of carbonyl (C=O) groups excluding carboxylic acids is 3. The smallest absolute Gasteiger partial charge is 0.338 e. The summed E-state index contributed by atoms with van der Waals surface area (Å²) in [4.78, 5) is 38.9. The molecule has 26 heavy (non-hydrogen) atoms. The van der Waals surface area contributed by atoms with Gasteiger partial charge in [0.1, 0.15) is 0 Å². The molecule has 1 aromatic carbocycles. The molecule has 0 saturated heterocycles. The second kappa shape index (κ2) is 8.64. The summed E-state index contributed by atoms with van der Waals surface area (Å²) < 4.78 is 4.96. The van der Waals surface area contributed by atoms with E-state index in [4.69, 9.17) is 27.9 Å². The summed E-state index contributed by atoms with van der Waals surface area (Å²) >= 11 is 11.9. The first-order valence-electron chi connectivity index (χ1n) is 7.43. The van der Waals surface area contributed by atoms with Crippen molar-refractivity contribution in [3.63, 3.8) is 0 Å². The van der Waals surface area contributed by atoms with E-state index in [1.54, 1.807) is 19.1 Å². The number of hydrogen-bond acceptors (Lipinski definition) is 5. The van der Waals surface area contributed by atoms with Gasteiger partial charge >= 0.3 is 5.97 Å². The largest absolute Gasteiger partial charge is 0.452 e. The third-order valence-corrected chi connectivity index (χ3v) is 4.06. The molecule has 9 heteroatoms. The third-order valence-electron chi connectivity index (χ3n) is 3.21. The molecule has 136 valence electrons. The number of aromatic nitrogens is 1. The van der Waals surface area contributed by atoms with E-state index in [0.717, 1.165) is 0 Å². The Morgan fingerprint density at radius 2 is 1.92 bits per heavy atom. The van der Waals surface area contributed by atoms with Crippen LogP contribution in [0.25, 0.3) is 0 Å². The zero-order chi connectivity index (χ0) is 19.3. The number of nitrogens with zero attached hydrogens (tertiary/aromatic N) is 1. The maximum absolute atomic E-state index is 12.0. The van der Waals surface area contributed by atoms with E-state index in [0.29, 0.717) is 16.3 Å². The molecule has 0 aliphatic rings. The van der Waals surface area contributed by atoms with E-state index in [1.807, 2.05) is 0 Å². The highest BCUT2D eigenvalue weighted by Gasteiger charge is 2.14. The number of ether oxygens (including phenoxy) is 1. The van der Waals surface area contributed by atoms with E-state index < -0.39 is 18.5 Å². The summed E-state index contributed by atoms with van der Waals surface area (Å²) in [6, 6.07) is 6.17. The normalized spacial score (nSPS) is 10.2. The van der Waals surface area contributed by atoms with E-state index >= 15 is 0 Å². The van der Waals surface area contributed by atoms with Crippen LogP contribution in [0.15, 0.2) is 30.5 Å². The molecular weight excluding hydrogens is 381 g/mol. The number of halogens is 2. The number of esters is 1. The van der Waals surface area contributed by atoms with E-state index in [1.165, 1.54) is 25.3 Å². The monoisotopic (exact) mass is 395 g/mol. The Hall–Kier alpha value is -2.64. The predicted octanol–water partition coefficient (Wildman–Crippen LogP) is 3.45. The molecule has 1 heterocycles. The number of amides is 2. The highest BCUT2D eigenvalue weighted by molar-refractivity contribution is 6.37. The Morgan fingerprint density at radius 3 is 2.62 bits per heavy atom. The van der Waals surface area contributed by atoms with Crippen molar-refractivity contribution < 1.29 is 19.1 Å². The van der Waals surface area contributed by atoms with Crippen molar-refractivity contribution in [2.75, 3.05) is 17.2 Å². The SMILES string of the molecule is CC(=O)Nc1cccc(C(=O)OCC(=O)Nc2ncc(Cl)c(C)c2Cl)c1. The van der Waals surface area contributed by atoms with Crippen molar-refractivity contribution in [2.45, 2.75) is 13.8 Å². The number of nitrogens with one attached hydrogen (secondary N) is 2. The van der Waals surface area contributed by atoms with E-state index in [2.05, 4.69) is 15.6 Å². The van der Waals surface area contributed by atoms with Crippen molar-refractivity contribution >= 4 is 52.5 Å². The number of pyridine rings is 1. The molecule has 0 spiro atoms. The van der Waals surface area contributed by atoms with Gasteiger partial charge in [-0.3, -0.25) is 9.59 Å². The molecule has 0 aliphatic heterocycles. The Balaban J connectivity index is 1.96. The van der Waals surface area contributed by atoms with Crippen molar-refractivity contribution in [3.05, 3.63) is 51.6 Å². The number of hydrogen-bond donors (Lipinski definition) is 2. The van der Waals surface area contributed by atoms with Crippen LogP contribution in [0.2, 0.25) is 10.0 Å². The summed E-state index contributed by atoms with van der Waals surface area (Å²) in [5.41, 5.74) is 1.22. The summed E-state index contributed by atoms with van der Waals surface area (Å²) in [6.07, 6.45) is 1.36. The molecule has 0 bridgehead atoms. The third kappa shape index (κ3) is 5.18. The molecule has 1 aromatic heterocycles. The van der Waals surface area contributed by atoms with Gasteiger partial charge in [0.05, 0.1) is 15.6 Å². The van der Waals surface area contributed by atoms with Crippen LogP contribution in [0.3, 0.4) is 0 Å². The molecule has 2 N–H and O–H groups in total. The Labute approximate surface area is 159 Å². The number of benzene rings is 1. The molecule has 0 atom stereocenters. The molecule has 0 aliphatic carbocycles. The lowest BCUT2D eigenvalue weighted by Crippen LogP contribution is -2.22. The quantitative estimate of drug-likeness (QED) is 0.755. The highest BCUT2D eigenvalue weighted by Crippen LogP contribution is 2.28. The molecule has 2 rings (SSSR count). The minimum absolute atomic E-state index is 0.127. The second-order valence-electron chi connectivity index (χ2n) is 5.28. The van der Waals surface area contributed by atoms with Crippen LogP contribution in [-0.2, 0) is 14.3 Å². The lowest BCUT2D eigenvalue weighted by molar-refractivity contribution is -0.119. The Kier molecular flexibility index (Phi) is 6.54. The molecule has 0 fully saturated rings. The van der Waals surface area contributed by atoms with Gasteiger partial charge < -0.3 is 15.4 Å². The molecular formula is C17H15Cl2N3O4. The van der Waals surface area contributed by atoms with Gasteiger partial charge in [-0.2, -0.15) is 0 Å². The average Bonchev–Trinajstić information content (AvgIpc) is 2.60. The summed E-state index contributed by atoms with van der Waals surface area (Å²) in [6.45, 7) is 2.51. The van der Waals surface area contributed by atoms with Crippen LogP contribution < -0.4 is 10.6 Å². The van der Waals surface area contributed by atoms with Gasteiger partial charge in [0.2, 0.25) is 5.91 Å². The molecule has 2 amide bonds. The van der Waals surface area contributed by atoms with E-state index in [9.17, 15) is 14.4 Å². The molecule has 7 nitrogen and oxygen atoms in total. The zero-order valence-electron chi connectivity index (χ0n) is 13.9. The molecule has 0 unspecified atom stereocenters. The van der Waals surface area contributed by atoms with Gasteiger partial charge in [0, 0.05) is 18.8 Å². The minimum Gasteiger partial charge on any atom is -0.452 e. The second-order valence-corrected chi connectivity index (χ2v) is 6.07. The van der Waals surface area contributed by atoms with Crippen LogP contribution in [-0.4, -0.2) is 29.4 Å². The zero-order valence-corrected chi connectivity index (χ0v) is 15.4. The van der Waals surface area contributed by atoms with Gasteiger partial charge in [-0.25, -0.2) is 9.78 Å². The highest BCUT2D eigenvalue weighted by atomic mass is 35.5. The number of carbonyl (C=O) groups is 3. The van der Waals surface area contributed by atoms with Gasteiger partial charge in [-0.05, 0) is 30.7 Å². The summed E-state index contributed by atoms with van der Waals surface area (Å²) in [5, 5.41) is 5.58. The first kappa shape index (κ1) is 19.7. The maximum atomic E-state index is 12.0. The summed E-state index contributed by atoms with van der Waals surface area (Å²) in [7, 11) is 0. The average molecular weight is 396 g/mol. The number of anilines is 2. The lowest BCUT2D eigenvalue weighted by Gasteiger charge is -2.10. The van der Waals surface area contributed by atoms with Crippen molar-refractivity contribution in [1.82, 2.24) is 4.98 Å². The van der Waals surface area contributed by atoms with Crippen LogP contribution in [0.4, 0.5) is 11.5 Å². The van der Waals surface area contributed by atoms with Crippen molar-refractivity contribution in [2.24, 2.45) is 0 Å².